The summed E-state index contributed by atoms with van der Waals surface area (Å²) in [6.07, 6.45) is 1.02. The number of hydrogen-bond acceptors (Lipinski definition) is 8. The summed E-state index contributed by atoms with van der Waals surface area (Å²) in [6, 6.07) is 1.70. The van der Waals surface area contributed by atoms with Crippen molar-refractivity contribution in [1.29, 1.82) is 0 Å². The van der Waals surface area contributed by atoms with Crippen molar-refractivity contribution in [3.8, 4) is 5.75 Å². The molecule has 10 heteroatoms. The van der Waals surface area contributed by atoms with Gasteiger partial charge < -0.3 is 20.4 Å². The highest BCUT2D eigenvalue weighted by Gasteiger charge is 2.35. The predicted octanol–water partition coefficient (Wildman–Crippen LogP) is 2.26. The van der Waals surface area contributed by atoms with Crippen LogP contribution in [0.15, 0.2) is 12.4 Å². The lowest BCUT2D eigenvalue weighted by molar-refractivity contribution is -0.116. The van der Waals surface area contributed by atoms with Crippen molar-refractivity contribution in [2.75, 3.05) is 32.5 Å². The number of aryl methyl sites for hydroxylation is 1. The van der Waals surface area contributed by atoms with Gasteiger partial charge in [-0.15, -0.1) is 0 Å². The van der Waals surface area contributed by atoms with Gasteiger partial charge in [0, 0.05) is 41.7 Å². The van der Waals surface area contributed by atoms with Crippen molar-refractivity contribution in [2.45, 2.75) is 38.8 Å². The van der Waals surface area contributed by atoms with Crippen LogP contribution >= 0.6 is 11.6 Å². The van der Waals surface area contributed by atoms with Crippen LogP contribution in [0.25, 0.3) is 11.0 Å². The van der Waals surface area contributed by atoms with E-state index in [4.69, 9.17) is 22.1 Å². The summed E-state index contributed by atoms with van der Waals surface area (Å²) in [4.78, 5) is 21.3. The normalized spacial score (nSPS) is 16.7. The fraction of sp³-hybridized carbons (Fsp3) is 0.455. The Morgan fingerprint density at radius 1 is 1.38 bits per heavy atom. The molecule has 9 nitrogen and oxygen atoms in total. The molecule has 0 radical (unpaired) electrons. The van der Waals surface area contributed by atoms with Gasteiger partial charge in [0.15, 0.2) is 5.65 Å². The number of anilines is 1. The van der Waals surface area contributed by atoms with E-state index >= 15 is 0 Å². The SMILES string of the molecule is COc1c([C@@H](C)n2nc(C)c3c(N)ncnc32)cc(Cl)c(C)c1C1CN(C[C@@H](O)C=O)C1. The number of aliphatic hydroxyl groups excluding tert-OH is 1. The maximum Gasteiger partial charge on any atom is 0.164 e. The van der Waals surface area contributed by atoms with Crippen molar-refractivity contribution < 1.29 is 14.6 Å². The number of benzene rings is 1. The second-order valence-electron chi connectivity index (χ2n) is 8.30. The molecule has 170 valence electrons. The lowest BCUT2D eigenvalue weighted by Crippen LogP contribution is -2.48. The molecule has 32 heavy (non-hydrogen) atoms. The first-order valence-electron chi connectivity index (χ1n) is 10.4. The number of hydrogen-bond donors (Lipinski definition) is 2. The number of aromatic nitrogens is 4. The van der Waals surface area contributed by atoms with Crippen molar-refractivity contribution in [2.24, 2.45) is 0 Å². The van der Waals surface area contributed by atoms with Gasteiger partial charge >= 0.3 is 0 Å². The Morgan fingerprint density at radius 3 is 2.75 bits per heavy atom. The van der Waals surface area contributed by atoms with Crippen LogP contribution in [0.4, 0.5) is 5.82 Å². The number of halogens is 1. The number of methoxy groups -OCH3 is 1. The molecule has 2 atom stereocenters. The highest BCUT2D eigenvalue weighted by Crippen LogP contribution is 2.44. The Hall–Kier alpha value is -2.75. The van der Waals surface area contributed by atoms with E-state index in [9.17, 15) is 9.90 Å². The molecule has 3 heterocycles. The smallest absolute Gasteiger partial charge is 0.164 e. The number of likely N-dealkylation sites (tertiary alicyclic amines) is 1. The number of rotatable bonds is 7. The molecule has 3 aromatic rings. The van der Waals surface area contributed by atoms with Crippen LogP contribution in [0.1, 0.15) is 41.3 Å². The second-order valence-corrected chi connectivity index (χ2v) is 8.71. The second kappa shape index (κ2) is 8.65. The molecule has 0 spiro atoms. The Bertz CT molecular complexity index is 1170. The number of nitrogens with zero attached hydrogens (tertiary/aromatic N) is 5. The molecular weight excluding hydrogens is 432 g/mol. The summed E-state index contributed by atoms with van der Waals surface area (Å²) in [6.45, 7) is 7.63. The number of carbonyl (C=O) groups excluding carboxylic acids is 1. The molecule has 0 saturated carbocycles. The average molecular weight is 459 g/mol. The Morgan fingerprint density at radius 2 is 2.09 bits per heavy atom. The van der Waals surface area contributed by atoms with Gasteiger partial charge in [0.05, 0.1) is 24.2 Å². The third-order valence-corrected chi connectivity index (χ3v) is 6.63. The lowest BCUT2D eigenvalue weighted by atomic mass is 9.85. The van der Waals surface area contributed by atoms with Crippen LogP contribution in [0, 0.1) is 13.8 Å². The van der Waals surface area contributed by atoms with Crippen LogP contribution in [0.5, 0.6) is 5.75 Å². The molecule has 0 amide bonds. The molecule has 1 fully saturated rings. The number of nitrogen functional groups attached to an aromatic ring is 1. The van der Waals surface area contributed by atoms with E-state index in [0.717, 1.165) is 33.5 Å². The summed E-state index contributed by atoms with van der Waals surface area (Å²) < 4.78 is 7.73. The number of β-amino-alcohol motifs (C(OH)–C–C–N with tert-alkyl or cyclic N) is 1. The lowest BCUT2D eigenvalue weighted by Gasteiger charge is -2.41. The van der Waals surface area contributed by atoms with E-state index < -0.39 is 6.10 Å². The molecule has 1 aliphatic heterocycles. The van der Waals surface area contributed by atoms with E-state index in [1.165, 1.54) is 6.33 Å². The highest BCUT2D eigenvalue weighted by atomic mass is 35.5. The molecule has 0 aliphatic carbocycles. The molecule has 1 aliphatic rings. The van der Waals surface area contributed by atoms with Crippen LogP contribution in [-0.4, -0.2) is 68.9 Å². The summed E-state index contributed by atoms with van der Waals surface area (Å²) in [5.41, 5.74) is 10.4. The molecule has 4 rings (SSSR count). The number of aldehydes is 1. The monoisotopic (exact) mass is 458 g/mol. The molecule has 1 saturated heterocycles. The third kappa shape index (κ3) is 3.70. The van der Waals surface area contributed by atoms with E-state index in [0.29, 0.717) is 42.4 Å². The van der Waals surface area contributed by atoms with Gasteiger partial charge in [-0.1, -0.05) is 11.6 Å². The molecule has 2 aromatic heterocycles. The van der Waals surface area contributed by atoms with Crippen molar-refractivity contribution in [3.05, 3.63) is 39.8 Å². The summed E-state index contributed by atoms with van der Waals surface area (Å²) >= 11 is 6.67. The zero-order chi connectivity index (χ0) is 23.2. The average Bonchev–Trinajstić information content (AvgIpc) is 3.09. The molecular formula is C22H27ClN6O3. The van der Waals surface area contributed by atoms with Gasteiger partial charge in [-0.2, -0.15) is 5.10 Å². The molecule has 0 unspecified atom stereocenters. The minimum absolute atomic E-state index is 0.183. The minimum atomic E-state index is -0.973. The predicted molar refractivity (Wildman–Crippen MR) is 122 cm³/mol. The Balaban J connectivity index is 1.75. The number of fused-ring (bicyclic) bond motifs is 1. The molecule has 0 bridgehead atoms. The Labute approximate surface area is 191 Å². The number of nitrogens with two attached hydrogens (primary N) is 1. The fourth-order valence-corrected chi connectivity index (χ4v) is 4.79. The first-order valence-corrected chi connectivity index (χ1v) is 10.8. The topological polar surface area (TPSA) is 119 Å². The number of carbonyl (C=O) groups is 1. The summed E-state index contributed by atoms with van der Waals surface area (Å²) in [5.74, 6) is 1.35. The fourth-order valence-electron chi connectivity index (χ4n) is 4.57. The van der Waals surface area contributed by atoms with Crippen molar-refractivity contribution in [3.63, 3.8) is 0 Å². The largest absolute Gasteiger partial charge is 0.496 e. The molecule has 3 N–H and O–H groups in total. The van der Waals surface area contributed by atoms with E-state index in [-0.39, 0.29) is 12.0 Å². The summed E-state index contributed by atoms with van der Waals surface area (Å²) in [7, 11) is 1.65. The first-order chi connectivity index (χ1) is 15.3. The standard InChI is InChI=1S/C22H27ClN6O3/c1-11-17(23)5-16(13(3)29-22-19(12(2)27-29)21(24)25-10-26-22)20(32-4)18(11)14-6-28(7-14)8-15(31)9-30/h5,9-10,13-15,31H,6-8H2,1-4H3,(H2,24,25,26)/t13-,15-/m1/s1. The third-order valence-electron chi connectivity index (χ3n) is 6.23. The van der Waals surface area contributed by atoms with Gasteiger partial charge in [-0.3, -0.25) is 4.90 Å². The van der Waals surface area contributed by atoms with Gasteiger partial charge in [-0.25, -0.2) is 14.6 Å². The van der Waals surface area contributed by atoms with Crippen LogP contribution in [0.3, 0.4) is 0 Å². The molecule has 1 aromatic carbocycles. The minimum Gasteiger partial charge on any atom is -0.496 e. The van der Waals surface area contributed by atoms with Gasteiger partial charge in [0.2, 0.25) is 0 Å². The van der Waals surface area contributed by atoms with Crippen molar-refractivity contribution >= 4 is 34.7 Å². The first kappa shape index (κ1) is 22.4. The van der Waals surface area contributed by atoms with Crippen LogP contribution in [0.2, 0.25) is 5.02 Å². The summed E-state index contributed by atoms with van der Waals surface area (Å²) in [5, 5.41) is 15.7. The van der Waals surface area contributed by atoms with Gasteiger partial charge in [0.25, 0.3) is 0 Å². The van der Waals surface area contributed by atoms with Crippen molar-refractivity contribution in [1.82, 2.24) is 24.6 Å². The van der Waals surface area contributed by atoms with E-state index in [1.807, 2.05) is 36.4 Å². The number of ether oxygens (including phenoxy) is 1. The van der Waals surface area contributed by atoms with Gasteiger partial charge in [-0.05, 0) is 32.4 Å². The maximum atomic E-state index is 10.8. The van der Waals surface area contributed by atoms with Crippen LogP contribution in [-0.2, 0) is 4.79 Å². The van der Waals surface area contributed by atoms with Crippen LogP contribution < -0.4 is 10.5 Å². The zero-order valence-electron chi connectivity index (χ0n) is 18.5. The quantitative estimate of drug-likeness (QED) is 0.517. The Kier molecular flexibility index (Phi) is 6.07. The highest BCUT2D eigenvalue weighted by molar-refractivity contribution is 6.31. The zero-order valence-corrected chi connectivity index (χ0v) is 19.3. The van der Waals surface area contributed by atoms with Gasteiger partial charge in [0.1, 0.15) is 30.3 Å². The maximum absolute atomic E-state index is 10.8. The van der Waals surface area contributed by atoms with E-state index in [2.05, 4.69) is 15.1 Å². The van der Waals surface area contributed by atoms with E-state index in [1.54, 1.807) is 7.11 Å². The number of aliphatic hydroxyl groups is 1.